The third-order valence-electron chi connectivity index (χ3n) is 2.90. The first-order chi connectivity index (χ1) is 9.11. The maximum absolute atomic E-state index is 13.7. The lowest BCUT2D eigenvalue weighted by Crippen LogP contribution is -2.21. The van der Waals surface area contributed by atoms with Crippen LogP contribution in [-0.2, 0) is 6.42 Å². The fourth-order valence-electron chi connectivity index (χ4n) is 1.90. The zero-order chi connectivity index (χ0) is 13.8. The number of nitrogens with one attached hydrogen (secondary N) is 1. The van der Waals surface area contributed by atoms with Gasteiger partial charge in [-0.15, -0.1) is 0 Å². The molecule has 1 unspecified atom stereocenters. The summed E-state index contributed by atoms with van der Waals surface area (Å²) in [6.45, 7) is 0. The van der Waals surface area contributed by atoms with E-state index in [0.29, 0.717) is 16.6 Å². The highest BCUT2D eigenvalue weighted by Crippen LogP contribution is 2.24. The van der Waals surface area contributed by atoms with Crippen LogP contribution in [0.5, 0.6) is 0 Å². The van der Waals surface area contributed by atoms with Gasteiger partial charge < -0.3 is 5.32 Å². The van der Waals surface area contributed by atoms with Gasteiger partial charge in [0.05, 0.1) is 11.7 Å². The fourth-order valence-corrected chi connectivity index (χ4v) is 2.41. The second-order valence-corrected chi connectivity index (χ2v) is 5.01. The lowest BCUT2D eigenvalue weighted by Gasteiger charge is -2.17. The molecule has 1 heterocycles. The molecule has 0 spiro atoms. The van der Waals surface area contributed by atoms with Crippen LogP contribution < -0.4 is 5.32 Å². The second kappa shape index (κ2) is 6.21. The Bertz CT molecular complexity index is 575. The minimum Gasteiger partial charge on any atom is -0.311 e. The number of hydrogen-bond donors (Lipinski definition) is 1. The Morgan fingerprint density at radius 1 is 1.32 bits per heavy atom. The van der Waals surface area contributed by atoms with Gasteiger partial charge in [0.2, 0.25) is 0 Å². The minimum absolute atomic E-state index is 0.261. The largest absolute Gasteiger partial charge is 0.311 e. The Balaban J connectivity index is 2.27. The molecule has 0 aliphatic carbocycles. The van der Waals surface area contributed by atoms with Gasteiger partial charge in [0, 0.05) is 10.7 Å². The molecule has 100 valence electrons. The Morgan fingerprint density at radius 2 is 2.11 bits per heavy atom. The number of aromatic nitrogens is 1. The summed E-state index contributed by atoms with van der Waals surface area (Å²) < 4.78 is 27.4. The highest BCUT2D eigenvalue weighted by Gasteiger charge is 2.17. The second-order valence-electron chi connectivity index (χ2n) is 4.15. The Hall–Kier alpha value is -1.33. The van der Waals surface area contributed by atoms with Gasteiger partial charge in [-0.05, 0) is 43.3 Å². The zero-order valence-electron chi connectivity index (χ0n) is 10.3. The molecule has 0 aliphatic heterocycles. The number of likely N-dealkylation sites (N-methyl/N-ethyl adjacent to an activating group) is 1. The molecule has 2 aromatic rings. The molecule has 0 bridgehead atoms. The van der Waals surface area contributed by atoms with Crippen molar-refractivity contribution in [1.82, 2.24) is 10.3 Å². The molecule has 0 saturated heterocycles. The lowest BCUT2D eigenvalue weighted by molar-refractivity contribution is 0.515. The van der Waals surface area contributed by atoms with E-state index >= 15 is 0 Å². The Kier molecular flexibility index (Phi) is 4.61. The van der Waals surface area contributed by atoms with Crippen LogP contribution in [-0.4, -0.2) is 12.0 Å². The Morgan fingerprint density at radius 3 is 2.74 bits per heavy atom. The summed E-state index contributed by atoms with van der Waals surface area (Å²) in [7, 11) is 1.75. The van der Waals surface area contributed by atoms with Gasteiger partial charge in [0.25, 0.3) is 0 Å². The minimum atomic E-state index is -0.347. The molecule has 1 N–H and O–H groups in total. The third-order valence-corrected chi connectivity index (χ3v) is 3.64. The van der Waals surface area contributed by atoms with E-state index in [1.54, 1.807) is 25.4 Å². The summed E-state index contributed by atoms with van der Waals surface area (Å²) in [5.41, 5.74) is 1.26. The quantitative estimate of drug-likeness (QED) is 0.928. The van der Waals surface area contributed by atoms with Crippen LogP contribution in [0.15, 0.2) is 41.0 Å². The van der Waals surface area contributed by atoms with Crippen molar-refractivity contribution in [2.24, 2.45) is 0 Å². The molecule has 5 heteroatoms. The van der Waals surface area contributed by atoms with Crippen molar-refractivity contribution < 1.29 is 8.78 Å². The highest BCUT2D eigenvalue weighted by molar-refractivity contribution is 9.10. The molecule has 0 fully saturated rings. The van der Waals surface area contributed by atoms with E-state index in [2.05, 4.69) is 26.2 Å². The van der Waals surface area contributed by atoms with Crippen LogP contribution >= 0.6 is 15.9 Å². The summed E-state index contributed by atoms with van der Waals surface area (Å²) in [4.78, 5) is 4.07. The molecule has 2 nitrogen and oxygen atoms in total. The normalized spacial score (nSPS) is 12.4. The number of pyridine rings is 1. The van der Waals surface area contributed by atoms with Crippen molar-refractivity contribution >= 4 is 15.9 Å². The molecule has 1 aromatic heterocycles. The molecular weight excluding hydrogens is 314 g/mol. The molecular formula is C14H13BrF2N2. The van der Waals surface area contributed by atoms with Crippen LogP contribution in [0.25, 0.3) is 0 Å². The third kappa shape index (κ3) is 3.36. The first-order valence-electron chi connectivity index (χ1n) is 5.83. The van der Waals surface area contributed by atoms with Gasteiger partial charge in [-0.3, -0.25) is 4.98 Å². The van der Waals surface area contributed by atoms with E-state index in [1.165, 1.54) is 18.2 Å². The van der Waals surface area contributed by atoms with E-state index in [-0.39, 0.29) is 17.7 Å². The van der Waals surface area contributed by atoms with Crippen molar-refractivity contribution in [3.05, 3.63) is 63.9 Å². The van der Waals surface area contributed by atoms with Gasteiger partial charge in [-0.2, -0.15) is 0 Å². The van der Waals surface area contributed by atoms with Crippen molar-refractivity contribution in [1.29, 1.82) is 0 Å². The molecule has 0 radical (unpaired) electrons. The van der Waals surface area contributed by atoms with Crippen LogP contribution in [0.2, 0.25) is 0 Å². The zero-order valence-corrected chi connectivity index (χ0v) is 11.9. The van der Waals surface area contributed by atoms with Gasteiger partial charge in [0.1, 0.15) is 11.6 Å². The number of halogens is 3. The number of nitrogens with zero attached hydrogens (tertiary/aromatic N) is 1. The smallest absolute Gasteiger partial charge is 0.146 e. The standard InChI is InChI=1S/C14H13BrF2N2/c1-18-13(14-12(17)3-2-6-19-14)7-9-4-5-10(16)8-11(9)15/h2-6,8,13,18H,7H2,1H3. The average Bonchev–Trinajstić information content (AvgIpc) is 2.39. The van der Waals surface area contributed by atoms with Crippen LogP contribution in [0, 0.1) is 11.6 Å². The molecule has 0 aliphatic rings. The average molecular weight is 327 g/mol. The molecule has 19 heavy (non-hydrogen) atoms. The first-order valence-corrected chi connectivity index (χ1v) is 6.62. The highest BCUT2D eigenvalue weighted by atomic mass is 79.9. The summed E-state index contributed by atoms with van der Waals surface area (Å²) in [6.07, 6.45) is 2.08. The maximum Gasteiger partial charge on any atom is 0.146 e. The molecule has 0 saturated carbocycles. The van der Waals surface area contributed by atoms with Gasteiger partial charge in [0.15, 0.2) is 0 Å². The van der Waals surface area contributed by atoms with Crippen molar-refractivity contribution in [3.63, 3.8) is 0 Å². The van der Waals surface area contributed by atoms with E-state index in [0.717, 1.165) is 5.56 Å². The van der Waals surface area contributed by atoms with E-state index in [1.807, 2.05) is 0 Å². The van der Waals surface area contributed by atoms with Crippen molar-refractivity contribution in [2.75, 3.05) is 7.05 Å². The summed E-state index contributed by atoms with van der Waals surface area (Å²) in [6, 6.07) is 7.15. The van der Waals surface area contributed by atoms with E-state index in [4.69, 9.17) is 0 Å². The maximum atomic E-state index is 13.7. The van der Waals surface area contributed by atoms with E-state index < -0.39 is 0 Å². The number of rotatable bonds is 4. The lowest BCUT2D eigenvalue weighted by atomic mass is 10.0. The number of benzene rings is 1. The van der Waals surface area contributed by atoms with Gasteiger partial charge >= 0.3 is 0 Å². The molecule has 1 aromatic carbocycles. The summed E-state index contributed by atoms with van der Waals surface area (Å²) >= 11 is 3.31. The topological polar surface area (TPSA) is 24.9 Å². The summed E-state index contributed by atoms with van der Waals surface area (Å²) in [5, 5.41) is 3.03. The molecule has 2 rings (SSSR count). The van der Waals surface area contributed by atoms with Crippen LogP contribution in [0.3, 0.4) is 0 Å². The van der Waals surface area contributed by atoms with Crippen molar-refractivity contribution in [3.8, 4) is 0 Å². The van der Waals surface area contributed by atoms with Crippen molar-refractivity contribution in [2.45, 2.75) is 12.5 Å². The summed E-state index contributed by atoms with van der Waals surface area (Å²) in [5.74, 6) is -0.652. The fraction of sp³-hybridized carbons (Fsp3) is 0.214. The molecule has 1 atom stereocenters. The first kappa shape index (κ1) is 14.1. The number of hydrogen-bond acceptors (Lipinski definition) is 2. The predicted molar refractivity (Wildman–Crippen MR) is 73.8 cm³/mol. The predicted octanol–water partition coefficient (Wildman–Crippen LogP) is 3.63. The van der Waals surface area contributed by atoms with Crippen LogP contribution in [0.4, 0.5) is 8.78 Å². The van der Waals surface area contributed by atoms with E-state index in [9.17, 15) is 8.78 Å². The monoisotopic (exact) mass is 326 g/mol. The van der Waals surface area contributed by atoms with Crippen LogP contribution in [0.1, 0.15) is 17.3 Å². The van der Waals surface area contributed by atoms with Gasteiger partial charge in [-0.1, -0.05) is 22.0 Å². The van der Waals surface area contributed by atoms with Gasteiger partial charge in [-0.25, -0.2) is 8.78 Å². The Labute approximate surface area is 119 Å². The molecule has 0 amide bonds. The SMILES string of the molecule is CNC(Cc1ccc(F)cc1Br)c1ncccc1F.